The molecular weight excluding hydrogens is 603 g/mol. The molecule has 274 valence electrons. The van der Waals surface area contributed by atoms with E-state index < -0.39 is 38.6 Å². The summed E-state index contributed by atoms with van der Waals surface area (Å²) < 4.78 is 21.9. The number of aliphatic hydroxyl groups excluding tert-OH is 2. The van der Waals surface area contributed by atoms with Crippen molar-refractivity contribution in [2.45, 2.75) is 193 Å². The molecule has 10 heteroatoms. The van der Waals surface area contributed by atoms with Gasteiger partial charge in [-0.25, -0.2) is 4.57 Å². The van der Waals surface area contributed by atoms with E-state index >= 15 is 0 Å². The second-order valence-electron chi connectivity index (χ2n) is 12.9. The van der Waals surface area contributed by atoms with Crippen molar-refractivity contribution in [2.24, 2.45) is 5.73 Å². The number of allylic oxidation sites excluding steroid dienone is 1. The smallest absolute Gasteiger partial charge is 0.387 e. The summed E-state index contributed by atoms with van der Waals surface area (Å²) in [4.78, 5) is 22.6. The number of amides is 1. The lowest BCUT2D eigenvalue weighted by atomic mass is 10.0. The van der Waals surface area contributed by atoms with Gasteiger partial charge in [-0.3, -0.25) is 13.8 Å². The maximum absolute atomic E-state index is 12.7. The highest BCUT2D eigenvalue weighted by Crippen LogP contribution is 2.43. The Morgan fingerprint density at radius 3 is 1.61 bits per heavy atom. The number of unbranched alkanes of at least 4 members (excludes halogenated alkanes) is 22. The van der Waals surface area contributed by atoms with Crippen LogP contribution in [0.4, 0.5) is 0 Å². The number of phosphoric ester groups is 1. The molecular formula is C36H73N2O7P. The topological polar surface area (TPSA) is 151 Å². The minimum absolute atomic E-state index is 0.0454. The zero-order valence-electron chi connectivity index (χ0n) is 29.7. The highest BCUT2D eigenvalue weighted by Gasteiger charge is 2.28. The molecule has 0 aliphatic heterocycles. The minimum Gasteiger partial charge on any atom is -0.387 e. The van der Waals surface area contributed by atoms with E-state index in [9.17, 15) is 24.5 Å². The molecule has 0 bridgehead atoms. The highest BCUT2D eigenvalue weighted by atomic mass is 31.2. The van der Waals surface area contributed by atoms with Gasteiger partial charge in [0.25, 0.3) is 0 Å². The summed E-state index contributed by atoms with van der Waals surface area (Å²) in [6, 6.07) is -1.03. The normalized spacial score (nSPS) is 15.2. The van der Waals surface area contributed by atoms with E-state index in [1.807, 2.05) is 6.08 Å². The lowest BCUT2D eigenvalue weighted by molar-refractivity contribution is -0.131. The monoisotopic (exact) mass is 677 g/mol. The van der Waals surface area contributed by atoms with Crippen molar-refractivity contribution >= 4 is 13.7 Å². The molecule has 46 heavy (non-hydrogen) atoms. The van der Waals surface area contributed by atoms with Crippen LogP contribution in [-0.2, 0) is 18.4 Å². The molecule has 0 radical (unpaired) electrons. The molecule has 0 aromatic rings. The van der Waals surface area contributed by atoms with E-state index in [1.165, 1.54) is 116 Å². The first kappa shape index (κ1) is 45.2. The molecule has 0 aromatic carbocycles. The van der Waals surface area contributed by atoms with E-state index in [0.29, 0.717) is 6.42 Å². The van der Waals surface area contributed by atoms with Crippen LogP contribution >= 0.6 is 7.82 Å². The number of rotatable bonds is 35. The van der Waals surface area contributed by atoms with Crippen molar-refractivity contribution < 1.29 is 33.5 Å². The SMILES string of the molecule is CCCCCCCCCCC/C=C/[C@@H](O)[C@H](COP(=O)(O)OCCN)NC(=O)C(O)CCCCCCCCCCCCCCCC. The summed E-state index contributed by atoms with van der Waals surface area (Å²) in [7, 11) is -4.40. The second-order valence-corrected chi connectivity index (χ2v) is 14.4. The van der Waals surface area contributed by atoms with Crippen LogP contribution in [-0.4, -0.2) is 59.0 Å². The Hall–Kier alpha value is -0.800. The van der Waals surface area contributed by atoms with Gasteiger partial charge in [-0.15, -0.1) is 0 Å². The Morgan fingerprint density at radius 1 is 0.717 bits per heavy atom. The van der Waals surface area contributed by atoms with Gasteiger partial charge in [0.1, 0.15) is 6.10 Å². The summed E-state index contributed by atoms with van der Waals surface area (Å²) in [5.41, 5.74) is 5.33. The summed E-state index contributed by atoms with van der Waals surface area (Å²) in [6.45, 7) is 3.90. The van der Waals surface area contributed by atoms with Crippen molar-refractivity contribution in [1.82, 2.24) is 5.32 Å². The number of phosphoric acid groups is 1. The van der Waals surface area contributed by atoms with Gasteiger partial charge in [-0.05, 0) is 19.3 Å². The van der Waals surface area contributed by atoms with E-state index in [4.69, 9.17) is 14.8 Å². The Morgan fingerprint density at radius 2 is 1.15 bits per heavy atom. The van der Waals surface area contributed by atoms with Crippen molar-refractivity contribution in [2.75, 3.05) is 19.8 Å². The van der Waals surface area contributed by atoms with Crippen LogP contribution in [0.5, 0.6) is 0 Å². The largest absolute Gasteiger partial charge is 0.472 e. The summed E-state index contributed by atoms with van der Waals surface area (Å²) >= 11 is 0. The fourth-order valence-corrected chi connectivity index (χ4v) is 6.25. The molecule has 0 heterocycles. The van der Waals surface area contributed by atoms with Gasteiger partial charge in [0.05, 0.1) is 25.4 Å². The van der Waals surface area contributed by atoms with Gasteiger partial charge in [0.2, 0.25) is 5.91 Å². The molecule has 9 nitrogen and oxygen atoms in total. The quantitative estimate of drug-likeness (QED) is 0.0254. The van der Waals surface area contributed by atoms with E-state index in [0.717, 1.165) is 38.5 Å². The number of hydrogen-bond acceptors (Lipinski definition) is 7. The van der Waals surface area contributed by atoms with E-state index in [2.05, 4.69) is 19.2 Å². The molecule has 0 aliphatic carbocycles. The number of aliphatic hydroxyl groups is 2. The van der Waals surface area contributed by atoms with Crippen LogP contribution in [0.1, 0.15) is 174 Å². The average Bonchev–Trinajstić information content (AvgIpc) is 3.04. The first-order valence-electron chi connectivity index (χ1n) is 18.9. The molecule has 0 fully saturated rings. The predicted molar refractivity (Wildman–Crippen MR) is 191 cm³/mol. The first-order chi connectivity index (χ1) is 22.3. The second kappa shape index (κ2) is 32.7. The highest BCUT2D eigenvalue weighted by molar-refractivity contribution is 7.47. The molecule has 0 spiro atoms. The van der Waals surface area contributed by atoms with Crippen molar-refractivity contribution in [3.05, 3.63) is 12.2 Å². The molecule has 2 unspecified atom stereocenters. The molecule has 0 saturated heterocycles. The average molecular weight is 677 g/mol. The van der Waals surface area contributed by atoms with E-state index in [1.54, 1.807) is 6.08 Å². The molecule has 0 aliphatic rings. The summed E-state index contributed by atoms with van der Waals surface area (Å²) in [5, 5.41) is 23.8. The third-order valence-electron chi connectivity index (χ3n) is 8.47. The molecule has 1 amide bonds. The van der Waals surface area contributed by atoms with Gasteiger partial charge in [0, 0.05) is 6.54 Å². The Balaban J connectivity index is 4.42. The molecule has 0 saturated carbocycles. The first-order valence-corrected chi connectivity index (χ1v) is 20.4. The van der Waals surface area contributed by atoms with Gasteiger partial charge < -0.3 is 26.2 Å². The van der Waals surface area contributed by atoms with Gasteiger partial charge in [-0.1, -0.05) is 167 Å². The number of carbonyl (C=O) groups is 1. The Bertz CT molecular complexity index is 756. The Labute approximate surface area is 282 Å². The zero-order valence-corrected chi connectivity index (χ0v) is 30.6. The number of hydrogen-bond donors (Lipinski definition) is 5. The number of carbonyl (C=O) groups excluding carboxylic acids is 1. The van der Waals surface area contributed by atoms with Crippen LogP contribution < -0.4 is 11.1 Å². The number of nitrogens with two attached hydrogens (primary N) is 1. The maximum Gasteiger partial charge on any atom is 0.472 e. The molecule has 4 atom stereocenters. The van der Waals surface area contributed by atoms with Gasteiger partial charge >= 0.3 is 7.82 Å². The van der Waals surface area contributed by atoms with Crippen molar-refractivity contribution in [3.8, 4) is 0 Å². The van der Waals surface area contributed by atoms with Crippen LogP contribution in [0.2, 0.25) is 0 Å². The van der Waals surface area contributed by atoms with Crippen LogP contribution in [0.3, 0.4) is 0 Å². The van der Waals surface area contributed by atoms with Crippen molar-refractivity contribution in [3.63, 3.8) is 0 Å². The standard InChI is InChI=1S/C36H73N2O7P/c1-3-5-7-9-11-13-15-16-17-19-21-23-25-27-29-35(40)36(41)38-33(32-45-46(42,43)44-31-30-37)34(39)28-26-24-22-20-18-14-12-10-8-6-4-2/h26,28,33-35,39-40H,3-25,27,29-32,37H2,1-2H3,(H,38,41)(H,42,43)/b28-26+/t33-,34+,35?/m0/s1. The summed E-state index contributed by atoms with van der Waals surface area (Å²) in [5.74, 6) is -0.634. The fourth-order valence-electron chi connectivity index (χ4n) is 5.49. The molecule has 0 aromatic heterocycles. The Kier molecular flexibility index (Phi) is 32.2. The van der Waals surface area contributed by atoms with Crippen LogP contribution in [0, 0.1) is 0 Å². The van der Waals surface area contributed by atoms with Crippen molar-refractivity contribution in [1.29, 1.82) is 0 Å². The van der Waals surface area contributed by atoms with Gasteiger partial charge in [0.15, 0.2) is 0 Å². The van der Waals surface area contributed by atoms with Crippen LogP contribution in [0.25, 0.3) is 0 Å². The lowest BCUT2D eigenvalue weighted by Gasteiger charge is -2.24. The number of nitrogens with one attached hydrogen (secondary N) is 1. The minimum atomic E-state index is -4.40. The molecule has 0 rings (SSSR count). The van der Waals surface area contributed by atoms with Gasteiger partial charge in [-0.2, -0.15) is 0 Å². The predicted octanol–water partition coefficient (Wildman–Crippen LogP) is 8.63. The lowest BCUT2D eigenvalue weighted by Crippen LogP contribution is -2.49. The molecule has 6 N–H and O–H groups in total. The third-order valence-corrected chi connectivity index (χ3v) is 9.46. The van der Waals surface area contributed by atoms with Crippen LogP contribution in [0.15, 0.2) is 12.2 Å². The third kappa shape index (κ3) is 29.3. The fraction of sp³-hybridized carbons (Fsp3) is 0.917. The maximum atomic E-state index is 12.7. The summed E-state index contributed by atoms with van der Waals surface area (Å²) in [6.07, 6.45) is 30.4. The zero-order chi connectivity index (χ0) is 34.1. The van der Waals surface area contributed by atoms with E-state index in [-0.39, 0.29) is 13.2 Å².